The number of rotatable bonds is 6. The van der Waals surface area contributed by atoms with Crippen LogP contribution in [0.1, 0.15) is 46.0 Å². The van der Waals surface area contributed by atoms with Gasteiger partial charge in [0.25, 0.3) is 0 Å². The fourth-order valence-corrected chi connectivity index (χ4v) is 2.69. The van der Waals surface area contributed by atoms with Crippen LogP contribution in [0.5, 0.6) is 0 Å². The minimum atomic E-state index is -0.478. The summed E-state index contributed by atoms with van der Waals surface area (Å²) in [7, 11) is 2.14. The van der Waals surface area contributed by atoms with Gasteiger partial charge in [-0.2, -0.15) is 0 Å². The average Bonchev–Trinajstić information content (AvgIpc) is 2.35. The first-order chi connectivity index (χ1) is 8.54. The molecule has 0 heterocycles. The lowest BCUT2D eigenvalue weighted by molar-refractivity contribution is -0.144. The molecular formula is C14H28N2O2. The van der Waals surface area contributed by atoms with Gasteiger partial charge in [-0.3, -0.25) is 4.79 Å². The van der Waals surface area contributed by atoms with E-state index in [0.717, 1.165) is 12.5 Å². The predicted octanol–water partition coefficient (Wildman–Crippen LogP) is 1.78. The third-order valence-electron chi connectivity index (χ3n) is 3.91. The van der Waals surface area contributed by atoms with E-state index < -0.39 is 6.04 Å². The zero-order valence-electron chi connectivity index (χ0n) is 12.0. The van der Waals surface area contributed by atoms with Gasteiger partial charge in [0.15, 0.2) is 0 Å². The lowest BCUT2D eigenvalue weighted by atomic mass is 9.86. The summed E-state index contributed by atoms with van der Waals surface area (Å²) in [4.78, 5) is 13.8. The highest BCUT2D eigenvalue weighted by Gasteiger charge is 2.23. The number of carbonyl (C=O) groups is 1. The van der Waals surface area contributed by atoms with Crippen LogP contribution >= 0.6 is 0 Å². The van der Waals surface area contributed by atoms with Gasteiger partial charge in [-0.05, 0) is 39.2 Å². The van der Waals surface area contributed by atoms with Crippen molar-refractivity contribution >= 4 is 5.97 Å². The van der Waals surface area contributed by atoms with Crippen LogP contribution in [-0.2, 0) is 9.53 Å². The highest BCUT2D eigenvalue weighted by atomic mass is 16.5. The molecule has 4 nitrogen and oxygen atoms in total. The quantitative estimate of drug-likeness (QED) is 0.736. The van der Waals surface area contributed by atoms with E-state index in [1.165, 1.54) is 25.7 Å². The Morgan fingerprint density at radius 3 is 2.83 bits per heavy atom. The first-order valence-corrected chi connectivity index (χ1v) is 7.17. The molecule has 1 aliphatic carbocycles. The molecule has 1 aliphatic rings. The van der Waals surface area contributed by atoms with Gasteiger partial charge in [-0.15, -0.1) is 0 Å². The van der Waals surface area contributed by atoms with Gasteiger partial charge in [0.1, 0.15) is 6.04 Å². The molecule has 3 unspecified atom stereocenters. The number of hydrogen-bond acceptors (Lipinski definition) is 4. The standard InChI is InChI=1S/C14H28N2O2/c1-4-18-14(17)13(15)8-9-16(3)12-7-5-6-11(2)10-12/h11-13H,4-10,15H2,1-3H3. The van der Waals surface area contributed by atoms with Crippen molar-refractivity contribution in [1.82, 2.24) is 4.90 Å². The third kappa shape index (κ3) is 4.94. The molecule has 2 N–H and O–H groups in total. The van der Waals surface area contributed by atoms with Crippen molar-refractivity contribution in [2.45, 2.75) is 58.0 Å². The van der Waals surface area contributed by atoms with E-state index in [1.807, 2.05) is 0 Å². The smallest absolute Gasteiger partial charge is 0.322 e. The maximum Gasteiger partial charge on any atom is 0.322 e. The number of carbonyl (C=O) groups excluding carboxylic acids is 1. The summed E-state index contributed by atoms with van der Waals surface area (Å²) in [6, 6.07) is 0.177. The maximum atomic E-state index is 11.4. The van der Waals surface area contributed by atoms with Gasteiger partial charge >= 0.3 is 5.97 Å². The van der Waals surface area contributed by atoms with E-state index in [4.69, 9.17) is 10.5 Å². The van der Waals surface area contributed by atoms with Crippen molar-refractivity contribution in [2.75, 3.05) is 20.2 Å². The van der Waals surface area contributed by atoms with Crippen molar-refractivity contribution in [2.24, 2.45) is 11.7 Å². The monoisotopic (exact) mass is 256 g/mol. The van der Waals surface area contributed by atoms with Gasteiger partial charge in [0.2, 0.25) is 0 Å². The SMILES string of the molecule is CCOC(=O)C(N)CCN(C)C1CCCC(C)C1. The number of nitrogens with zero attached hydrogens (tertiary/aromatic N) is 1. The van der Waals surface area contributed by atoms with E-state index in [2.05, 4.69) is 18.9 Å². The van der Waals surface area contributed by atoms with E-state index in [9.17, 15) is 4.79 Å². The highest BCUT2D eigenvalue weighted by molar-refractivity contribution is 5.75. The van der Waals surface area contributed by atoms with Crippen LogP contribution in [0, 0.1) is 5.92 Å². The molecule has 0 aliphatic heterocycles. The van der Waals surface area contributed by atoms with Crippen LogP contribution < -0.4 is 5.73 Å². The van der Waals surface area contributed by atoms with Crippen molar-refractivity contribution in [3.05, 3.63) is 0 Å². The fourth-order valence-electron chi connectivity index (χ4n) is 2.69. The molecule has 18 heavy (non-hydrogen) atoms. The Kier molecular flexibility index (Phi) is 6.65. The summed E-state index contributed by atoms with van der Waals surface area (Å²) in [5.41, 5.74) is 5.81. The molecule has 1 rings (SSSR count). The zero-order valence-corrected chi connectivity index (χ0v) is 12.0. The van der Waals surface area contributed by atoms with E-state index >= 15 is 0 Å². The van der Waals surface area contributed by atoms with Crippen LogP contribution in [0.4, 0.5) is 0 Å². The number of nitrogens with two attached hydrogens (primary N) is 1. The number of hydrogen-bond donors (Lipinski definition) is 1. The topological polar surface area (TPSA) is 55.6 Å². The molecule has 106 valence electrons. The Hall–Kier alpha value is -0.610. The second kappa shape index (κ2) is 7.74. The Morgan fingerprint density at radius 1 is 1.50 bits per heavy atom. The molecule has 0 aromatic carbocycles. The largest absolute Gasteiger partial charge is 0.465 e. The molecule has 0 spiro atoms. The lowest BCUT2D eigenvalue weighted by Crippen LogP contribution is -2.40. The summed E-state index contributed by atoms with van der Waals surface area (Å²) in [6.45, 7) is 5.41. The van der Waals surface area contributed by atoms with Gasteiger partial charge in [-0.25, -0.2) is 0 Å². The predicted molar refractivity (Wildman–Crippen MR) is 73.3 cm³/mol. The second-order valence-electron chi connectivity index (χ2n) is 5.55. The Morgan fingerprint density at radius 2 is 2.22 bits per heavy atom. The lowest BCUT2D eigenvalue weighted by Gasteiger charge is -2.34. The molecule has 0 aromatic rings. The zero-order chi connectivity index (χ0) is 13.5. The van der Waals surface area contributed by atoms with Gasteiger partial charge in [0.05, 0.1) is 6.61 Å². The molecule has 3 atom stereocenters. The Labute approximate surface area is 111 Å². The summed E-state index contributed by atoms with van der Waals surface area (Å²) in [6.07, 6.45) is 5.90. The maximum absolute atomic E-state index is 11.4. The van der Waals surface area contributed by atoms with Gasteiger partial charge in [0, 0.05) is 12.6 Å². The second-order valence-corrected chi connectivity index (χ2v) is 5.55. The molecule has 0 amide bonds. The average molecular weight is 256 g/mol. The van der Waals surface area contributed by atoms with E-state index in [1.54, 1.807) is 6.92 Å². The van der Waals surface area contributed by atoms with Crippen LogP contribution in [0.3, 0.4) is 0 Å². The fraction of sp³-hybridized carbons (Fsp3) is 0.929. The molecule has 0 aromatic heterocycles. The molecular weight excluding hydrogens is 228 g/mol. The van der Waals surface area contributed by atoms with Crippen LogP contribution in [0.25, 0.3) is 0 Å². The van der Waals surface area contributed by atoms with Crippen LogP contribution in [-0.4, -0.2) is 43.2 Å². The Bertz CT molecular complexity index is 258. The van der Waals surface area contributed by atoms with E-state index in [0.29, 0.717) is 19.1 Å². The van der Waals surface area contributed by atoms with Crippen molar-refractivity contribution in [1.29, 1.82) is 0 Å². The molecule has 0 radical (unpaired) electrons. The number of ether oxygens (including phenoxy) is 1. The van der Waals surface area contributed by atoms with Crippen LogP contribution in [0.2, 0.25) is 0 Å². The minimum Gasteiger partial charge on any atom is -0.465 e. The molecule has 0 bridgehead atoms. The van der Waals surface area contributed by atoms with Gasteiger partial charge < -0.3 is 15.4 Å². The van der Waals surface area contributed by atoms with Gasteiger partial charge in [-0.1, -0.05) is 19.8 Å². The highest BCUT2D eigenvalue weighted by Crippen LogP contribution is 2.26. The molecule has 1 saturated carbocycles. The van der Waals surface area contributed by atoms with Crippen molar-refractivity contribution in [3.63, 3.8) is 0 Å². The summed E-state index contributed by atoms with van der Waals surface area (Å²) >= 11 is 0. The van der Waals surface area contributed by atoms with Crippen molar-refractivity contribution < 1.29 is 9.53 Å². The van der Waals surface area contributed by atoms with Crippen molar-refractivity contribution in [3.8, 4) is 0 Å². The molecule has 4 heteroatoms. The first-order valence-electron chi connectivity index (χ1n) is 7.17. The molecule has 0 saturated heterocycles. The molecule has 1 fully saturated rings. The summed E-state index contributed by atoms with van der Waals surface area (Å²) < 4.78 is 4.92. The third-order valence-corrected chi connectivity index (χ3v) is 3.91. The summed E-state index contributed by atoms with van der Waals surface area (Å²) in [5.74, 6) is 0.549. The normalized spacial score (nSPS) is 26.1. The Balaban J connectivity index is 2.27. The van der Waals surface area contributed by atoms with E-state index in [-0.39, 0.29) is 5.97 Å². The summed E-state index contributed by atoms with van der Waals surface area (Å²) in [5, 5.41) is 0. The number of esters is 1. The van der Waals surface area contributed by atoms with Crippen LogP contribution in [0.15, 0.2) is 0 Å². The minimum absolute atomic E-state index is 0.275. The first kappa shape index (κ1) is 15.4.